The van der Waals surface area contributed by atoms with Gasteiger partial charge >= 0.3 is 0 Å². The second-order valence-corrected chi connectivity index (χ2v) is 13.6. The van der Waals surface area contributed by atoms with Gasteiger partial charge in [0.05, 0.1) is 18.8 Å². The van der Waals surface area contributed by atoms with Gasteiger partial charge in [0.15, 0.2) is 0 Å². The van der Waals surface area contributed by atoms with E-state index < -0.39 is 0 Å². The standard InChI is InChI=1S/C37H47N5O4/c1-25(2)46-36-30(35(44-3)38-34(39-36)28-16-17-28)23-40-21-29-22-41(37(43)32-15-10-20-45-32)18-19-42(29)31(24-40)33(26-11-6-4-7-12-26)27-13-8-5-9-14-27/h4-9,11-14,25,28-29,31-33H,10,15-24H2,1-3H3/t29-,31?,32+/m1/s1. The molecule has 7 rings (SSSR count). The number of hydrogen-bond acceptors (Lipinski definition) is 8. The number of ether oxygens (including phenoxy) is 3. The number of aromatic nitrogens is 2. The Morgan fingerprint density at radius 2 is 1.61 bits per heavy atom. The van der Waals surface area contributed by atoms with E-state index >= 15 is 0 Å². The maximum atomic E-state index is 13.5. The van der Waals surface area contributed by atoms with E-state index in [1.54, 1.807) is 7.11 Å². The van der Waals surface area contributed by atoms with E-state index in [4.69, 9.17) is 24.2 Å². The lowest BCUT2D eigenvalue weighted by Gasteiger charge is -2.53. The van der Waals surface area contributed by atoms with Crippen molar-refractivity contribution in [2.75, 3.05) is 46.4 Å². The molecule has 1 aromatic heterocycles. The quantitative estimate of drug-likeness (QED) is 0.316. The van der Waals surface area contributed by atoms with E-state index in [9.17, 15) is 4.79 Å². The predicted molar refractivity (Wildman–Crippen MR) is 176 cm³/mol. The van der Waals surface area contributed by atoms with Gasteiger partial charge in [0, 0.05) is 69.8 Å². The van der Waals surface area contributed by atoms with Gasteiger partial charge in [0.25, 0.3) is 5.91 Å². The first kappa shape index (κ1) is 31.1. The first-order chi connectivity index (χ1) is 22.5. The Labute approximate surface area is 272 Å². The number of piperazine rings is 2. The SMILES string of the molecule is COc1nc(C2CC2)nc(OC(C)C)c1CN1CC(C(c2ccccc2)c2ccccc2)N2CCN(C(=O)[C@@H]3CCCO3)C[C@H]2C1. The van der Waals surface area contributed by atoms with Gasteiger partial charge in [-0.1, -0.05) is 60.7 Å². The van der Waals surface area contributed by atoms with E-state index in [0.717, 1.165) is 63.3 Å². The average Bonchev–Trinajstić information content (AvgIpc) is 3.79. The maximum absolute atomic E-state index is 13.5. The molecular weight excluding hydrogens is 578 g/mol. The maximum Gasteiger partial charge on any atom is 0.251 e. The van der Waals surface area contributed by atoms with Crippen LogP contribution >= 0.6 is 0 Å². The van der Waals surface area contributed by atoms with Crippen LogP contribution in [0.3, 0.4) is 0 Å². The number of nitrogens with zero attached hydrogens (tertiary/aromatic N) is 5. The van der Waals surface area contributed by atoms with Gasteiger partial charge in [-0.25, -0.2) is 0 Å². The van der Waals surface area contributed by atoms with Crippen LogP contribution in [0.25, 0.3) is 0 Å². The van der Waals surface area contributed by atoms with E-state index in [1.807, 2.05) is 13.8 Å². The fraction of sp³-hybridized carbons (Fsp3) is 0.541. The molecular formula is C37H47N5O4. The minimum atomic E-state index is -0.300. The van der Waals surface area contributed by atoms with Gasteiger partial charge in [0.1, 0.15) is 11.9 Å². The van der Waals surface area contributed by atoms with Crippen LogP contribution < -0.4 is 9.47 Å². The summed E-state index contributed by atoms with van der Waals surface area (Å²) in [4.78, 5) is 30.6. The molecule has 244 valence electrons. The lowest BCUT2D eigenvalue weighted by Crippen LogP contribution is -2.67. The van der Waals surface area contributed by atoms with Crippen molar-refractivity contribution >= 4 is 5.91 Å². The first-order valence-electron chi connectivity index (χ1n) is 17.1. The van der Waals surface area contributed by atoms with Crippen LogP contribution in [0.4, 0.5) is 0 Å². The minimum Gasteiger partial charge on any atom is -0.481 e. The molecule has 2 aromatic carbocycles. The summed E-state index contributed by atoms with van der Waals surface area (Å²) in [6, 6.07) is 22.1. The zero-order chi connectivity index (χ0) is 31.6. The molecule has 4 fully saturated rings. The van der Waals surface area contributed by atoms with Crippen LogP contribution in [-0.4, -0.2) is 101 Å². The Morgan fingerprint density at radius 1 is 0.913 bits per heavy atom. The zero-order valence-corrected chi connectivity index (χ0v) is 27.4. The fourth-order valence-corrected chi connectivity index (χ4v) is 7.60. The van der Waals surface area contributed by atoms with Gasteiger partial charge in [-0.05, 0) is 50.7 Å². The van der Waals surface area contributed by atoms with Gasteiger partial charge in [-0.2, -0.15) is 9.97 Å². The molecule has 4 heterocycles. The number of amides is 1. The summed E-state index contributed by atoms with van der Waals surface area (Å²) < 4.78 is 18.1. The fourth-order valence-electron chi connectivity index (χ4n) is 7.60. The van der Waals surface area contributed by atoms with E-state index in [0.29, 0.717) is 37.4 Å². The van der Waals surface area contributed by atoms with Crippen LogP contribution in [0.1, 0.15) is 73.9 Å². The summed E-state index contributed by atoms with van der Waals surface area (Å²) in [5.41, 5.74) is 3.50. The average molecular weight is 626 g/mol. The summed E-state index contributed by atoms with van der Waals surface area (Å²) >= 11 is 0. The topological polar surface area (TPSA) is 80.3 Å². The minimum absolute atomic E-state index is 0.0220. The Kier molecular flexibility index (Phi) is 9.24. The molecule has 3 saturated heterocycles. The third-order valence-electron chi connectivity index (χ3n) is 9.90. The normalized spacial score (nSPS) is 23.9. The van der Waals surface area contributed by atoms with E-state index in [-0.39, 0.29) is 36.1 Å². The smallest absolute Gasteiger partial charge is 0.251 e. The van der Waals surface area contributed by atoms with Gasteiger partial charge in [0.2, 0.25) is 11.8 Å². The monoisotopic (exact) mass is 625 g/mol. The molecule has 9 heteroatoms. The van der Waals surface area contributed by atoms with E-state index in [2.05, 4.69) is 75.4 Å². The zero-order valence-electron chi connectivity index (χ0n) is 27.4. The summed E-state index contributed by atoms with van der Waals surface area (Å²) in [5, 5.41) is 0. The van der Waals surface area contributed by atoms with Crippen molar-refractivity contribution in [2.45, 2.75) is 82.2 Å². The first-order valence-corrected chi connectivity index (χ1v) is 17.1. The molecule has 0 spiro atoms. The molecule has 3 aromatic rings. The Morgan fingerprint density at radius 3 is 2.22 bits per heavy atom. The second kappa shape index (κ2) is 13.7. The third kappa shape index (κ3) is 6.64. The Bertz CT molecular complexity index is 1440. The van der Waals surface area contributed by atoms with Crippen molar-refractivity contribution in [3.05, 3.63) is 83.2 Å². The molecule has 1 saturated carbocycles. The number of rotatable bonds is 10. The Hall–Kier alpha value is -3.53. The van der Waals surface area contributed by atoms with Crippen LogP contribution in [0.15, 0.2) is 60.7 Å². The van der Waals surface area contributed by atoms with Crippen molar-refractivity contribution < 1.29 is 19.0 Å². The van der Waals surface area contributed by atoms with Crippen LogP contribution in [0.2, 0.25) is 0 Å². The lowest BCUT2D eigenvalue weighted by molar-refractivity contribution is -0.146. The van der Waals surface area contributed by atoms with Crippen LogP contribution in [-0.2, 0) is 16.1 Å². The van der Waals surface area contributed by atoms with Gasteiger partial charge < -0.3 is 19.1 Å². The van der Waals surface area contributed by atoms with Crippen molar-refractivity contribution in [1.29, 1.82) is 0 Å². The molecule has 3 atom stereocenters. The molecule has 0 radical (unpaired) electrons. The molecule has 1 aliphatic carbocycles. The highest BCUT2D eigenvalue weighted by Crippen LogP contribution is 2.42. The number of carbonyl (C=O) groups excluding carboxylic acids is 1. The van der Waals surface area contributed by atoms with Crippen LogP contribution in [0, 0.1) is 0 Å². The molecule has 9 nitrogen and oxygen atoms in total. The number of fused-ring (bicyclic) bond motifs is 1. The highest BCUT2D eigenvalue weighted by atomic mass is 16.5. The van der Waals surface area contributed by atoms with Crippen molar-refractivity contribution in [1.82, 2.24) is 24.7 Å². The number of benzene rings is 2. The highest BCUT2D eigenvalue weighted by molar-refractivity contribution is 5.81. The number of hydrogen-bond donors (Lipinski definition) is 0. The molecule has 46 heavy (non-hydrogen) atoms. The van der Waals surface area contributed by atoms with Crippen LogP contribution in [0.5, 0.6) is 11.8 Å². The highest BCUT2D eigenvalue weighted by Gasteiger charge is 2.44. The number of methoxy groups -OCH3 is 1. The molecule has 0 N–H and O–H groups in total. The molecule has 4 aliphatic rings. The van der Waals surface area contributed by atoms with E-state index in [1.165, 1.54) is 11.1 Å². The largest absolute Gasteiger partial charge is 0.481 e. The summed E-state index contributed by atoms with van der Waals surface area (Å²) in [6.07, 6.45) is 3.66. The summed E-state index contributed by atoms with van der Waals surface area (Å²) in [6.45, 7) is 9.26. The molecule has 0 bridgehead atoms. The van der Waals surface area contributed by atoms with Crippen molar-refractivity contribution in [3.8, 4) is 11.8 Å². The molecule has 1 amide bonds. The summed E-state index contributed by atoms with van der Waals surface area (Å²) in [7, 11) is 1.69. The second-order valence-electron chi connectivity index (χ2n) is 13.6. The Balaban J connectivity index is 1.24. The third-order valence-corrected chi connectivity index (χ3v) is 9.90. The lowest BCUT2D eigenvalue weighted by atomic mass is 9.81. The molecule has 3 aliphatic heterocycles. The van der Waals surface area contributed by atoms with Crippen molar-refractivity contribution in [2.24, 2.45) is 0 Å². The van der Waals surface area contributed by atoms with Gasteiger partial charge in [-0.3, -0.25) is 14.6 Å². The number of carbonyl (C=O) groups is 1. The predicted octanol–water partition coefficient (Wildman–Crippen LogP) is 4.86. The van der Waals surface area contributed by atoms with Crippen molar-refractivity contribution in [3.63, 3.8) is 0 Å². The van der Waals surface area contributed by atoms with Gasteiger partial charge in [-0.15, -0.1) is 0 Å². The molecule has 1 unspecified atom stereocenters. The summed E-state index contributed by atoms with van der Waals surface area (Å²) in [5.74, 6) is 2.75.